The minimum absolute atomic E-state index is 0.160. The summed E-state index contributed by atoms with van der Waals surface area (Å²) in [5.41, 5.74) is 1.57. The van der Waals surface area contributed by atoms with E-state index in [-0.39, 0.29) is 12.5 Å². The average molecular weight is 328 g/mol. The molecule has 1 atom stereocenters. The molecule has 104 valence electrons. The first-order valence-corrected chi connectivity index (χ1v) is 7.02. The standard InChI is InChI=1S/C14H18BrNO3/c1-3-4-11(14(18)19)8-16-13(17)10-6-5-9(2)12(15)7-10/h5-7,11H,3-4,8H2,1-2H3,(H,16,17)(H,18,19). The molecule has 0 aromatic heterocycles. The second-order valence-corrected chi connectivity index (χ2v) is 5.35. The van der Waals surface area contributed by atoms with Gasteiger partial charge in [-0.1, -0.05) is 35.3 Å². The van der Waals surface area contributed by atoms with Gasteiger partial charge in [-0.25, -0.2) is 0 Å². The molecule has 0 radical (unpaired) electrons. The Morgan fingerprint density at radius 2 is 2.11 bits per heavy atom. The fourth-order valence-corrected chi connectivity index (χ4v) is 2.09. The van der Waals surface area contributed by atoms with E-state index in [4.69, 9.17) is 5.11 Å². The van der Waals surface area contributed by atoms with E-state index in [9.17, 15) is 9.59 Å². The van der Waals surface area contributed by atoms with E-state index < -0.39 is 11.9 Å². The van der Waals surface area contributed by atoms with Crippen molar-refractivity contribution in [2.45, 2.75) is 26.7 Å². The van der Waals surface area contributed by atoms with Crippen molar-refractivity contribution in [3.63, 3.8) is 0 Å². The Morgan fingerprint density at radius 3 is 2.63 bits per heavy atom. The van der Waals surface area contributed by atoms with Crippen LogP contribution in [-0.2, 0) is 4.79 Å². The first kappa shape index (κ1) is 15.7. The van der Waals surface area contributed by atoms with Gasteiger partial charge in [0.05, 0.1) is 5.92 Å². The second-order valence-electron chi connectivity index (χ2n) is 4.50. The van der Waals surface area contributed by atoms with Crippen LogP contribution in [0.15, 0.2) is 22.7 Å². The first-order chi connectivity index (χ1) is 8.95. The number of aliphatic carboxylic acids is 1. The van der Waals surface area contributed by atoms with Crippen molar-refractivity contribution in [2.24, 2.45) is 5.92 Å². The Morgan fingerprint density at radius 1 is 1.42 bits per heavy atom. The minimum atomic E-state index is -0.868. The number of carbonyl (C=O) groups excluding carboxylic acids is 1. The second kappa shape index (κ2) is 7.28. The molecule has 0 heterocycles. The summed E-state index contributed by atoms with van der Waals surface area (Å²) in [6.45, 7) is 4.02. The van der Waals surface area contributed by atoms with E-state index >= 15 is 0 Å². The summed E-state index contributed by atoms with van der Waals surface area (Å²) in [5, 5.41) is 11.7. The number of hydrogen-bond donors (Lipinski definition) is 2. The van der Waals surface area contributed by atoms with Crippen LogP contribution in [-0.4, -0.2) is 23.5 Å². The molecule has 19 heavy (non-hydrogen) atoms. The van der Waals surface area contributed by atoms with Crippen LogP contribution in [0.4, 0.5) is 0 Å². The fourth-order valence-electron chi connectivity index (χ4n) is 1.71. The van der Waals surface area contributed by atoms with E-state index in [1.807, 2.05) is 19.9 Å². The van der Waals surface area contributed by atoms with Crippen LogP contribution in [0.3, 0.4) is 0 Å². The molecule has 0 saturated heterocycles. The normalized spacial score (nSPS) is 11.9. The number of hydrogen-bond acceptors (Lipinski definition) is 2. The molecule has 0 saturated carbocycles. The zero-order valence-electron chi connectivity index (χ0n) is 11.1. The molecule has 0 spiro atoms. The molecule has 0 bridgehead atoms. The number of rotatable bonds is 6. The Bertz CT molecular complexity index is 474. The third-order valence-electron chi connectivity index (χ3n) is 2.93. The molecule has 1 amide bonds. The largest absolute Gasteiger partial charge is 0.481 e. The molecule has 0 fully saturated rings. The SMILES string of the molecule is CCCC(CNC(=O)c1ccc(C)c(Br)c1)C(=O)O. The summed E-state index contributed by atoms with van der Waals surface area (Å²) in [6.07, 6.45) is 1.34. The number of carbonyl (C=O) groups is 2. The lowest BCUT2D eigenvalue weighted by Gasteiger charge is -2.12. The number of aryl methyl sites for hydroxylation is 1. The lowest BCUT2D eigenvalue weighted by molar-refractivity contribution is -0.141. The van der Waals surface area contributed by atoms with Crippen molar-refractivity contribution in [3.05, 3.63) is 33.8 Å². The molecule has 0 aliphatic carbocycles. The lowest BCUT2D eigenvalue weighted by atomic mass is 10.0. The highest BCUT2D eigenvalue weighted by molar-refractivity contribution is 9.10. The predicted octanol–water partition coefficient (Wildman–Crippen LogP) is 2.99. The molecular weight excluding hydrogens is 310 g/mol. The van der Waals surface area contributed by atoms with Gasteiger partial charge in [-0.3, -0.25) is 9.59 Å². The van der Waals surface area contributed by atoms with Gasteiger partial charge in [-0.2, -0.15) is 0 Å². The number of carboxylic acids is 1. The number of nitrogens with one attached hydrogen (secondary N) is 1. The third-order valence-corrected chi connectivity index (χ3v) is 3.78. The van der Waals surface area contributed by atoms with E-state index in [0.717, 1.165) is 16.5 Å². The van der Waals surface area contributed by atoms with Gasteiger partial charge in [-0.15, -0.1) is 0 Å². The Balaban J connectivity index is 2.63. The van der Waals surface area contributed by atoms with Gasteiger partial charge in [0.1, 0.15) is 0 Å². The molecule has 1 rings (SSSR count). The highest BCUT2D eigenvalue weighted by atomic mass is 79.9. The number of benzene rings is 1. The maximum atomic E-state index is 11.9. The smallest absolute Gasteiger partial charge is 0.308 e. The van der Waals surface area contributed by atoms with Crippen LogP contribution >= 0.6 is 15.9 Å². The van der Waals surface area contributed by atoms with Gasteiger partial charge >= 0.3 is 5.97 Å². The molecule has 2 N–H and O–H groups in total. The van der Waals surface area contributed by atoms with Crippen LogP contribution in [0.2, 0.25) is 0 Å². The monoisotopic (exact) mass is 327 g/mol. The number of amides is 1. The van der Waals surface area contributed by atoms with E-state index in [1.165, 1.54) is 0 Å². The molecule has 4 nitrogen and oxygen atoms in total. The molecule has 0 aliphatic rings. The van der Waals surface area contributed by atoms with Gasteiger partial charge in [0.25, 0.3) is 5.91 Å². The van der Waals surface area contributed by atoms with Crippen molar-refractivity contribution in [1.29, 1.82) is 0 Å². The first-order valence-electron chi connectivity index (χ1n) is 6.22. The topological polar surface area (TPSA) is 66.4 Å². The summed E-state index contributed by atoms with van der Waals surface area (Å²) in [6, 6.07) is 5.31. The Hall–Kier alpha value is -1.36. The van der Waals surface area contributed by atoms with Crippen LogP contribution in [0.1, 0.15) is 35.7 Å². The van der Waals surface area contributed by atoms with Gasteiger partial charge in [-0.05, 0) is 31.0 Å². The maximum Gasteiger partial charge on any atom is 0.308 e. The van der Waals surface area contributed by atoms with E-state index in [1.54, 1.807) is 12.1 Å². The zero-order chi connectivity index (χ0) is 14.4. The molecule has 1 aromatic carbocycles. The van der Waals surface area contributed by atoms with Gasteiger partial charge in [0, 0.05) is 16.6 Å². The summed E-state index contributed by atoms with van der Waals surface area (Å²) in [4.78, 5) is 22.9. The van der Waals surface area contributed by atoms with Crippen LogP contribution in [0.5, 0.6) is 0 Å². The maximum absolute atomic E-state index is 11.9. The van der Waals surface area contributed by atoms with Gasteiger partial charge in [0.2, 0.25) is 0 Å². The number of halogens is 1. The molecule has 1 unspecified atom stereocenters. The van der Waals surface area contributed by atoms with Crippen molar-refractivity contribution in [1.82, 2.24) is 5.32 Å². The summed E-state index contributed by atoms with van der Waals surface area (Å²) >= 11 is 3.37. The summed E-state index contributed by atoms with van der Waals surface area (Å²) in [7, 11) is 0. The Kier molecular flexibility index (Phi) is 6.02. The third kappa shape index (κ3) is 4.67. The van der Waals surface area contributed by atoms with Crippen LogP contribution in [0.25, 0.3) is 0 Å². The van der Waals surface area contributed by atoms with Crippen LogP contribution in [0, 0.1) is 12.8 Å². The fraction of sp³-hybridized carbons (Fsp3) is 0.429. The molecule has 0 aliphatic heterocycles. The quantitative estimate of drug-likeness (QED) is 0.844. The van der Waals surface area contributed by atoms with E-state index in [0.29, 0.717) is 12.0 Å². The molecular formula is C14H18BrNO3. The van der Waals surface area contributed by atoms with Crippen molar-refractivity contribution < 1.29 is 14.7 Å². The predicted molar refractivity (Wildman–Crippen MR) is 77.2 cm³/mol. The van der Waals surface area contributed by atoms with Crippen LogP contribution < -0.4 is 5.32 Å². The van der Waals surface area contributed by atoms with Crippen molar-refractivity contribution in [3.8, 4) is 0 Å². The summed E-state index contributed by atoms with van der Waals surface area (Å²) < 4.78 is 0.864. The van der Waals surface area contributed by atoms with Gasteiger partial charge in [0.15, 0.2) is 0 Å². The highest BCUT2D eigenvalue weighted by Gasteiger charge is 2.17. The molecule has 5 heteroatoms. The minimum Gasteiger partial charge on any atom is -0.481 e. The summed E-state index contributed by atoms with van der Waals surface area (Å²) in [5.74, 6) is -1.64. The van der Waals surface area contributed by atoms with Gasteiger partial charge < -0.3 is 10.4 Å². The average Bonchev–Trinajstić information content (AvgIpc) is 2.37. The van der Waals surface area contributed by atoms with Crippen molar-refractivity contribution >= 4 is 27.8 Å². The number of carboxylic acid groups (broad SMARTS) is 1. The highest BCUT2D eigenvalue weighted by Crippen LogP contribution is 2.17. The zero-order valence-corrected chi connectivity index (χ0v) is 12.7. The van der Waals surface area contributed by atoms with E-state index in [2.05, 4.69) is 21.2 Å². The molecule has 1 aromatic rings. The van der Waals surface area contributed by atoms with Crippen molar-refractivity contribution in [2.75, 3.05) is 6.54 Å². The lowest BCUT2D eigenvalue weighted by Crippen LogP contribution is -2.32. The Labute approximate surface area is 121 Å².